The van der Waals surface area contributed by atoms with Gasteiger partial charge in [-0.1, -0.05) is 6.92 Å². The zero-order chi connectivity index (χ0) is 10.4. The van der Waals surface area contributed by atoms with E-state index in [0.717, 1.165) is 0 Å². The molecule has 1 spiro atoms. The van der Waals surface area contributed by atoms with E-state index in [4.69, 9.17) is 5.73 Å². The fraction of sp³-hybridized carbons (Fsp3) is 1.00. The van der Waals surface area contributed by atoms with Crippen molar-refractivity contribution in [2.45, 2.75) is 58.0 Å². The Morgan fingerprint density at radius 3 is 2.64 bits per heavy atom. The predicted octanol–water partition coefficient (Wildman–Crippen LogP) is 1.99. The third kappa shape index (κ3) is 1.59. The molecule has 0 aromatic carbocycles. The van der Waals surface area contributed by atoms with Crippen LogP contribution < -0.4 is 5.73 Å². The number of hydrogen-bond donors (Lipinski definition) is 1. The van der Waals surface area contributed by atoms with Crippen molar-refractivity contribution in [1.29, 1.82) is 0 Å². The van der Waals surface area contributed by atoms with Crippen LogP contribution in [0, 0.1) is 5.41 Å². The summed E-state index contributed by atoms with van der Waals surface area (Å²) >= 11 is 0. The molecular weight excluding hydrogens is 172 g/mol. The molecule has 2 rings (SSSR count). The summed E-state index contributed by atoms with van der Waals surface area (Å²) in [5.74, 6) is 0. The largest absolute Gasteiger partial charge is 0.327 e. The minimum atomic E-state index is 0.371. The molecule has 0 aromatic rings. The first kappa shape index (κ1) is 10.4. The Balaban J connectivity index is 2.01. The molecule has 0 aromatic heterocycles. The number of rotatable bonds is 2. The SMILES string of the molecule is CCC(C)(C)N1CCCC2(CC2N)C1. The van der Waals surface area contributed by atoms with Crippen LogP contribution >= 0.6 is 0 Å². The third-order valence-electron chi connectivity index (χ3n) is 4.58. The highest BCUT2D eigenvalue weighted by Gasteiger charge is 2.54. The molecule has 2 fully saturated rings. The zero-order valence-corrected chi connectivity index (χ0v) is 9.84. The Labute approximate surface area is 87.8 Å². The molecule has 14 heavy (non-hydrogen) atoms. The van der Waals surface area contributed by atoms with Crippen LogP contribution in [0.2, 0.25) is 0 Å². The topological polar surface area (TPSA) is 29.3 Å². The van der Waals surface area contributed by atoms with Gasteiger partial charge in [0.05, 0.1) is 0 Å². The van der Waals surface area contributed by atoms with Gasteiger partial charge < -0.3 is 5.73 Å². The number of hydrogen-bond acceptors (Lipinski definition) is 2. The lowest BCUT2D eigenvalue weighted by Crippen LogP contribution is -2.50. The van der Waals surface area contributed by atoms with Crippen molar-refractivity contribution in [1.82, 2.24) is 4.90 Å². The van der Waals surface area contributed by atoms with E-state index in [1.807, 2.05) is 0 Å². The molecule has 2 N–H and O–H groups in total. The summed E-state index contributed by atoms with van der Waals surface area (Å²) in [4.78, 5) is 2.66. The minimum absolute atomic E-state index is 0.371. The van der Waals surface area contributed by atoms with E-state index >= 15 is 0 Å². The van der Waals surface area contributed by atoms with Gasteiger partial charge in [-0.2, -0.15) is 0 Å². The van der Waals surface area contributed by atoms with Gasteiger partial charge in [0.25, 0.3) is 0 Å². The van der Waals surface area contributed by atoms with Gasteiger partial charge in [0, 0.05) is 18.1 Å². The molecule has 1 saturated carbocycles. The van der Waals surface area contributed by atoms with Crippen molar-refractivity contribution in [3.05, 3.63) is 0 Å². The maximum atomic E-state index is 6.05. The Bertz CT molecular complexity index is 224. The van der Waals surface area contributed by atoms with Crippen LogP contribution in [0.5, 0.6) is 0 Å². The lowest BCUT2D eigenvalue weighted by molar-refractivity contribution is 0.0539. The van der Waals surface area contributed by atoms with Crippen LogP contribution in [0.1, 0.15) is 46.5 Å². The van der Waals surface area contributed by atoms with Crippen molar-refractivity contribution in [2.24, 2.45) is 11.1 Å². The summed E-state index contributed by atoms with van der Waals surface area (Å²) in [7, 11) is 0. The van der Waals surface area contributed by atoms with Crippen LogP contribution in [0.3, 0.4) is 0 Å². The van der Waals surface area contributed by atoms with E-state index in [2.05, 4.69) is 25.7 Å². The molecule has 0 bridgehead atoms. The Morgan fingerprint density at radius 2 is 2.14 bits per heavy atom. The smallest absolute Gasteiger partial charge is 0.0150 e. The second-order valence-electron chi connectivity index (χ2n) is 5.86. The molecule has 2 unspecified atom stereocenters. The van der Waals surface area contributed by atoms with Crippen molar-refractivity contribution < 1.29 is 0 Å². The fourth-order valence-corrected chi connectivity index (χ4v) is 2.75. The summed E-state index contributed by atoms with van der Waals surface area (Å²) in [5, 5.41) is 0. The first-order valence-corrected chi connectivity index (χ1v) is 6.01. The van der Waals surface area contributed by atoms with E-state index < -0.39 is 0 Å². The highest BCUT2D eigenvalue weighted by atomic mass is 15.2. The molecular formula is C12H24N2. The van der Waals surface area contributed by atoms with Crippen LogP contribution in [-0.4, -0.2) is 29.6 Å². The van der Waals surface area contributed by atoms with Gasteiger partial charge in [-0.25, -0.2) is 0 Å². The van der Waals surface area contributed by atoms with Crippen LogP contribution in [0.4, 0.5) is 0 Å². The summed E-state index contributed by atoms with van der Waals surface area (Å²) < 4.78 is 0. The van der Waals surface area contributed by atoms with Crippen LogP contribution in [0.15, 0.2) is 0 Å². The normalized spacial score (nSPS) is 39.0. The van der Waals surface area contributed by atoms with E-state index in [1.54, 1.807) is 0 Å². The van der Waals surface area contributed by atoms with Crippen molar-refractivity contribution in [3.8, 4) is 0 Å². The third-order valence-corrected chi connectivity index (χ3v) is 4.58. The number of piperidine rings is 1. The van der Waals surface area contributed by atoms with Crippen LogP contribution in [0.25, 0.3) is 0 Å². The highest BCUT2D eigenvalue weighted by molar-refractivity contribution is 5.10. The summed E-state index contributed by atoms with van der Waals surface area (Å²) in [6, 6.07) is 0.498. The predicted molar refractivity (Wildman–Crippen MR) is 60.2 cm³/mol. The lowest BCUT2D eigenvalue weighted by atomic mass is 9.88. The highest BCUT2D eigenvalue weighted by Crippen LogP contribution is 2.52. The van der Waals surface area contributed by atoms with Crippen molar-refractivity contribution >= 4 is 0 Å². The van der Waals surface area contributed by atoms with Gasteiger partial charge >= 0.3 is 0 Å². The van der Waals surface area contributed by atoms with Gasteiger partial charge in [0.2, 0.25) is 0 Å². The van der Waals surface area contributed by atoms with Crippen molar-refractivity contribution in [2.75, 3.05) is 13.1 Å². The average molecular weight is 196 g/mol. The molecule has 2 aliphatic rings. The molecule has 1 saturated heterocycles. The van der Waals surface area contributed by atoms with Gasteiger partial charge in [-0.05, 0) is 51.5 Å². The maximum Gasteiger partial charge on any atom is 0.0150 e. The molecule has 1 heterocycles. The van der Waals surface area contributed by atoms with E-state index in [-0.39, 0.29) is 0 Å². The quantitative estimate of drug-likeness (QED) is 0.732. The molecule has 0 radical (unpaired) electrons. The van der Waals surface area contributed by atoms with Crippen LogP contribution in [-0.2, 0) is 0 Å². The average Bonchev–Trinajstić information content (AvgIpc) is 2.76. The Kier molecular flexibility index (Phi) is 2.39. The number of nitrogens with zero attached hydrogens (tertiary/aromatic N) is 1. The van der Waals surface area contributed by atoms with E-state index in [9.17, 15) is 0 Å². The standard InChI is InChI=1S/C12H24N2/c1-4-11(2,3)14-7-5-6-12(9-14)8-10(12)13/h10H,4-9,13H2,1-3H3. The molecule has 1 aliphatic heterocycles. The van der Waals surface area contributed by atoms with Gasteiger partial charge in [-0.15, -0.1) is 0 Å². The zero-order valence-electron chi connectivity index (χ0n) is 9.84. The van der Waals surface area contributed by atoms with Gasteiger partial charge in [0.1, 0.15) is 0 Å². The molecule has 2 atom stereocenters. The summed E-state index contributed by atoms with van der Waals surface area (Å²) in [5.41, 5.74) is 6.94. The van der Waals surface area contributed by atoms with Crippen molar-refractivity contribution in [3.63, 3.8) is 0 Å². The summed E-state index contributed by atoms with van der Waals surface area (Å²) in [6.45, 7) is 9.53. The van der Waals surface area contributed by atoms with E-state index in [0.29, 0.717) is 17.0 Å². The molecule has 0 amide bonds. The molecule has 82 valence electrons. The molecule has 1 aliphatic carbocycles. The maximum absolute atomic E-state index is 6.05. The molecule has 2 nitrogen and oxygen atoms in total. The Morgan fingerprint density at radius 1 is 1.50 bits per heavy atom. The van der Waals surface area contributed by atoms with Gasteiger partial charge in [-0.3, -0.25) is 4.90 Å². The van der Waals surface area contributed by atoms with E-state index in [1.165, 1.54) is 38.8 Å². The molecule has 2 heteroatoms. The number of nitrogens with two attached hydrogens (primary N) is 1. The monoisotopic (exact) mass is 196 g/mol. The van der Waals surface area contributed by atoms with Gasteiger partial charge in [0.15, 0.2) is 0 Å². The first-order valence-electron chi connectivity index (χ1n) is 6.01. The Hall–Kier alpha value is -0.0800. The lowest BCUT2D eigenvalue weighted by Gasteiger charge is -2.44. The number of likely N-dealkylation sites (tertiary alicyclic amines) is 1. The second kappa shape index (κ2) is 3.21. The minimum Gasteiger partial charge on any atom is -0.327 e. The second-order valence-corrected chi connectivity index (χ2v) is 5.86. The fourth-order valence-electron chi connectivity index (χ4n) is 2.75. The summed E-state index contributed by atoms with van der Waals surface area (Å²) in [6.07, 6.45) is 5.21. The first-order chi connectivity index (χ1) is 6.50.